The van der Waals surface area contributed by atoms with Gasteiger partial charge in [-0.25, -0.2) is 8.42 Å². The zero-order valence-electron chi connectivity index (χ0n) is 13.1. The number of carbonyl (C=O) groups is 1. The summed E-state index contributed by atoms with van der Waals surface area (Å²) in [6.45, 7) is 0. The second kappa shape index (κ2) is 6.97. The number of benzene rings is 1. The van der Waals surface area contributed by atoms with Gasteiger partial charge < -0.3 is 15.8 Å². The molecule has 128 valence electrons. The van der Waals surface area contributed by atoms with Gasteiger partial charge in [0.05, 0.1) is 28.6 Å². The maximum atomic E-state index is 12.4. The van der Waals surface area contributed by atoms with Crippen molar-refractivity contribution >= 4 is 33.0 Å². The van der Waals surface area contributed by atoms with E-state index in [-0.39, 0.29) is 22.2 Å². The predicted molar refractivity (Wildman–Crippen MR) is 90.8 cm³/mol. The van der Waals surface area contributed by atoms with E-state index in [1.807, 2.05) is 0 Å². The van der Waals surface area contributed by atoms with Crippen LogP contribution in [-0.2, 0) is 9.84 Å². The molecule has 0 radical (unpaired) electrons. The van der Waals surface area contributed by atoms with Crippen molar-refractivity contribution in [3.05, 3.63) is 22.7 Å². The highest BCUT2D eigenvalue weighted by atomic mass is 35.5. The Hall–Kier alpha value is -1.47. The smallest absolute Gasteiger partial charge is 0.255 e. The first kappa shape index (κ1) is 17.9. The van der Waals surface area contributed by atoms with Gasteiger partial charge in [-0.2, -0.15) is 0 Å². The van der Waals surface area contributed by atoms with Gasteiger partial charge in [-0.05, 0) is 31.7 Å². The van der Waals surface area contributed by atoms with Crippen molar-refractivity contribution in [2.45, 2.75) is 37.0 Å². The highest BCUT2D eigenvalue weighted by Crippen LogP contribution is 2.29. The van der Waals surface area contributed by atoms with E-state index in [9.17, 15) is 13.2 Å². The molecule has 1 amide bonds. The fourth-order valence-electron chi connectivity index (χ4n) is 2.81. The second-order valence-corrected chi connectivity index (χ2v) is 8.58. The molecule has 0 aliphatic heterocycles. The van der Waals surface area contributed by atoms with Crippen molar-refractivity contribution in [2.75, 3.05) is 19.1 Å². The van der Waals surface area contributed by atoms with Gasteiger partial charge in [0.15, 0.2) is 0 Å². The normalized spacial score (nSPS) is 21.7. The summed E-state index contributed by atoms with van der Waals surface area (Å²) in [6, 6.07) is 2.94. The average Bonchev–Trinajstić information content (AvgIpc) is 2.49. The van der Waals surface area contributed by atoms with Crippen LogP contribution >= 0.6 is 11.6 Å². The van der Waals surface area contributed by atoms with Crippen LogP contribution in [0.5, 0.6) is 5.75 Å². The van der Waals surface area contributed by atoms with Crippen molar-refractivity contribution < 1.29 is 17.9 Å². The number of rotatable bonds is 4. The van der Waals surface area contributed by atoms with Gasteiger partial charge in [0.2, 0.25) is 0 Å². The fraction of sp³-hybridized carbons (Fsp3) is 0.533. The first-order valence-electron chi connectivity index (χ1n) is 7.35. The Morgan fingerprint density at radius 2 is 1.91 bits per heavy atom. The van der Waals surface area contributed by atoms with E-state index in [4.69, 9.17) is 22.1 Å². The summed E-state index contributed by atoms with van der Waals surface area (Å²) in [6.07, 6.45) is 3.65. The van der Waals surface area contributed by atoms with E-state index in [1.165, 1.54) is 25.5 Å². The predicted octanol–water partition coefficient (Wildman–Crippen LogP) is 2.02. The lowest BCUT2D eigenvalue weighted by molar-refractivity contribution is 0.0925. The first-order chi connectivity index (χ1) is 10.7. The molecule has 1 aliphatic rings. The van der Waals surface area contributed by atoms with Crippen LogP contribution in [0, 0.1) is 0 Å². The van der Waals surface area contributed by atoms with E-state index in [1.54, 1.807) is 0 Å². The summed E-state index contributed by atoms with van der Waals surface area (Å²) < 4.78 is 28.3. The van der Waals surface area contributed by atoms with Gasteiger partial charge in [-0.1, -0.05) is 11.6 Å². The van der Waals surface area contributed by atoms with E-state index in [0.29, 0.717) is 42.7 Å². The van der Waals surface area contributed by atoms with Crippen LogP contribution < -0.4 is 15.8 Å². The summed E-state index contributed by atoms with van der Waals surface area (Å²) in [7, 11) is -1.56. The van der Waals surface area contributed by atoms with Crippen LogP contribution in [0.4, 0.5) is 5.69 Å². The number of anilines is 1. The van der Waals surface area contributed by atoms with Crippen molar-refractivity contribution in [1.82, 2.24) is 5.32 Å². The molecule has 0 unspecified atom stereocenters. The van der Waals surface area contributed by atoms with Gasteiger partial charge in [-0.15, -0.1) is 0 Å². The number of ether oxygens (including phenoxy) is 1. The number of amides is 1. The van der Waals surface area contributed by atoms with Crippen molar-refractivity contribution in [1.29, 1.82) is 0 Å². The van der Waals surface area contributed by atoms with Crippen molar-refractivity contribution in [3.63, 3.8) is 0 Å². The van der Waals surface area contributed by atoms with Crippen molar-refractivity contribution in [2.24, 2.45) is 0 Å². The van der Waals surface area contributed by atoms with E-state index in [2.05, 4.69) is 5.32 Å². The zero-order valence-corrected chi connectivity index (χ0v) is 14.7. The zero-order chi connectivity index (χ0) is 17.2. The number of carbonyl (C=O) groups excluding carboxylic acids is 1. The number of hydrogen-bond donors (Lipinski definition) is 2. The third-order valence-electron chi connectivity index (χ3n) is 4.18. The van der Waals surface area contributed by atoms with Crippen LogP contribution in [0.1, 0.15) is 36.0 Å². The molecule has 0 spiro atoms. The molecule has 1 aromatic carbocycles. The standard InChI is InChI=1S/C15H21ClN2O4S/c1-22-14-8-13(17)12(16)7-11(14)15(19)18-9-3-5-10(6-4-9)23(2,20)21/h7-10H,3-6,17H2,1-2H3,(H,18,19). The van der Waals surface area contributed by atoms with E-state index < -0.39 is 9.84 Å². The quantitative estimate of drug-likeness (QED) is 0.800. The summed E-state index contributed by atoms with van der Waals surface area (Å²) in [5.74, 6) is 0.0563. The number of nitrogen functional groups attached to an aromatic ring is 1. The molecule has 0 heterocycles. The molecule has 3 N–H and O–H groups in total. The maximum Gasteiger partial charge on any atom is 0.255 e. The molecule has 1 aromatic rings. The summed E-state index contributed by atoms with van der Waals surface area (Å²) >= 11 is 5.97. The van der Waals surface area contributed by atoms with Crippen LogP contribution in [0.2, 0.25) is 5.02 Å². The van der Waals surface area contributed by atoms with Gasteiger partial charge in [0.25, 0.3) is 5.91 Å². The molecule has 1 fully saturated rings. The first-order valence-corrected chi connectivity index (χ1v) is 9.68. The Morgan fingerprint density at radius 1 is 1.30 bits per heavy atom. The lowest BCUT2D eigenvalue weighted by Gasteiger charge is -2.28. The molecule has 1 aliphatic carbocycles. The number of methoxy groups -OCH3 is 1. The van der Waals surface area contributed by atoms with E-state index >= 15 is 0 Å². The molecule has 8 heteroatoms. The molecular formula is C15H21ClN2O4S. The van der Waals surface area contributed by atoms with Crippen molar-refractivity contribution in [3.8, 4) is 5.75 Å². The van der Waals surface area contributed by atoms with Gasteiger partial charge >= 0.3 is 0 Å². The molecule has 1 saturated carbocycles. The maximum absolute atomic E-state index is 12.4. The third kappa shape index (κ3) is 4.29. The SMILES string of the molecule is COc1cc(N)c(Cl)cc1C(=O)NC1CCC(S(C)(=O)=O)CC1. The molecular weight excluding hydrogens is 340 g/mol. The Kier molecular flexibility index (Phi) is 5.41. The number of nitrogens with one attached hydrogen (secondary N) is 1. The number of halogens is 1. The minimum absolute atomic E-state index is 0.0541. The number of sulfone groups is 1. The second-order valence-electron chi connectivity index (χ2n) is 5.85. The molecule has 2 rings (SSSR count). The minimum atomic E-state index is -3.02. The minimum Gasteiger partial charge on any atom is -0.496 e. The molecule has 0 bridgehead atoms. The Bertz CT molecular complexity index is 698. The van der Waals surface area contributed by atoms with Crippen LogP contribution in [-0.4, -0.2) is 39.0 Å². The largest absolute Gasteiger partial charge is 0.496 e. The topological polar surface area (TPSA) is 98.5 Å². The molecule has 0 aromatic heterocycles. The third-order valence-corrected chi connectivity index (χ3v) is 6.19. The van der Waals surface area contributed by atoms with Gasteiger partial charge in [0, 0.05) is 18.4 Å². The summed E-state index contributed by atoms with van der Waals surface area (Å²) in [5, 5.41) is 2.89. The molecule has 0 atom stereocenters. The number of hydrogen-bond acceptors (Lipinski definition) is 5. The van der Waals surface area contributed by atoms with Gasteiger partial charge in [-0.3, -0.25) is 4.79 Å². The lowest BCUT2D eigenvalue weighted by atomic mass is 9.94. The Balaban J connectivity index is 2.05. The summed E-state index contributed by atoms with van der Waals surface area (Å²) in [4.78, 5) is 12.4. The lowest BCUT2D eigenvalue weighted by Crippen LogP contribution is -2.40. The monoisotopic (exact) mass is 360 g/mol. The average molecular weight is 361 g/mol. The van der Waals surface area contributed by atoms with Crippen LogP contribution in [0.15, 0.2) is 12.1 Å². The highest BCUT2D eigenvalue weighted by Gasteiger charge is 2.29. The summed E-state index contributed by atoms with van der Waals surface area (Å²) in [5.41, 5.74) is 6.36. The van der Waals surface area contributed by atoms with Gasteiger partial charge in [0.1, 0.15) is 15.6 Å². The Labute approximate surface area is 141 Å². The van der Waals surface area contributed by atoms with Crippen LogP contribution in [0.3, 0.4) is 0 Å². The Morgan fingerprint density at radius 3 is 2.43 bits per heavy atom. The highest BCUT2D eigenvalue weighted by molar-refractivity contribution is 7.91. The molecule has 6 nitrogen and oxygen atoms in total. The van der Waals surface area contributed by atoms with E-state index in [0.717, 1.165) is 0 Å². The van der Waals surface area contributed by atoms with Crippen LogP contribution in [0.25, 0.3) is 0 Å². The fourth-order valence-corrected chi connectivity index (χ4v) is 4.11. The molecule has 23 heavy (non-hydrogen) atoms. The molecule has 0 saturated heterocycles. The number of nitrogens with two attached hydrogens (primary N) is 1.